The van der Waals surface area contributed by atoms with Crippen molar-refractivity contribution in [3.8, 4) is 0 Å². The fourth-order valence-electron chi connectivity index (χ4n) is 2.01. The third-order valence-corrected chi connectivity index (χ3v) is 2.90. The average molecular weight is 180 g/mol. The fourth-order valence-corrected chi connectivity index (χ4v) is 2.01. The van der Waals surface area contributed by atoms with Crippen molar-refractivity contribution < 1.29 is 4.52 Å². The molecule has 2 rings (SSSR count). The largest absolute Gasteiger partial charge is 0.364 e. The van der Waals surface area contributed by atoms with Crippen LogP contribution in [0.4, 0.5) is 0 Å². The molecular formula is C10H16N2O. The highest BCUT2D eigenvalue weighted by Gasteiger charge is 2.22. The zero-order valence-corrected chi connectivity index (χ0v) is 7.99. The fraction of sp³-hybridized carbons (Fsp3) is 0.700. The van der Waals surface area contributed by atoms with Gasteiger partial charge in [0.15, 0.2) is 0 Å². The molecule has 72 valence electrons. The third-order valence-electron chi connectivity index (χ3n) is 2.90. The number of nitrogens with zero attached hydrogens (tertiary/aromatic N) is 1. The van der Waals surface area contributed by atoms with Gasteiger partial charge in [-0.3, -0.25) is 0 Å². The van der Waals surface area contributed by atoms with Crippen molar-refractivity contribution in [2.45, 2.75) is 38.8 Å². The van der Waals surface area contributed by atoms with E-state index in [1.54, 1.807) is 6.26 Å². The highest BCUT2D eigenvalue weighted by molar-refractivity contribution is 4.95. The van der Waals surface area contributed by atoms with Gasteiger partial charge in [-0.05, 0) is 18.8 Å². The molecule has 0 bridgehead atoms. The van der Waals surface area contributed by atoms with Crippen LogP contribution in [0.25, 0.3) is 0 Å². The minimum absolute atomic E-state index is 0.677. The van der Waals surface area contributed by atoms with Crippen LogP contribution in [-0.2, 0) is 6.54 Å². The Morgan fingerprint density at radius 2 is 2.54 bits per heavy atom. The Morgan fingerprint density at radius 3 is 3.15 bits per heavy atom. The van der Waals surface area contributed by atoms with Crippen LogP contribution in [0.1, 0.15) is 31.9 Å². The molecule has 1 aromatic heterocycles. The number of aromatic nitrogens is 1. The Balaban J connectivity index is 1.79. The van der Waals surface area contributed by atoms with E-state index in [1.165, 1.54) is 19.3 Å². The summed E-state index contributed by atoms with van der Waals surface area (Å²) in [6.07, 6.45) is 5.64. The Kier molecular flexibility index (Phi) is 2.64. The normalized spacial score (nSPS) is 28.1. The standard InChI is InChI=1S/C10H16N2O/c1-8-3-2-4-10(8)11-7-9-5-6-13-12-9/h5-6,8,10-11H,2-4,7H2,1H3. The van der Waals surface area contributed by atoms with Gasteiger partial charge in [-0.15, -0.1) is 0 Å². The molecule has 3 heteroatoms. The first-order chi connectivity index (χ1) is 6.36. The molecule has 13 heavy (non-hydrogen) atoms. The molecule has 0 amide bonds. The van der Waals surface area contributed by atoms with Gasteiger partial charge < -0.3 is 9.84 Å². The first-order valence-electron chi connectivity index (χ1n) is 4.99. The Morgan fingerprint density at radius 1 is 1.62 bits per heavy atom. The lowest BCUT2D eigenvalue weighted by atomic mass is 10.1. The van der Waals surface area contributed by atoms with E-state index >= 15 is 0 Å². The summed E-state index contributed by atoms with van der Waals surface area (Å²) in [5.74, 6) is 0.812. The second-order valence-corrected chi connectivity index (χ2v) is 3.89. The molecule has 1 saturated carbocycles. The zero-order valence-electron chi connectivity index (χ0n) is 7.99. The van der Waals surface area contributed by atoms with Gasteiger partial charge in [0, 0.05) is 18.7 Å². The van der Waals surface area contributed by atoms with Crippen molar-refractivity contribution in [1.82, 2.24) is 10.5 Å². The summed E-state index contributed by atoms with van der Waals surface area (Å²) in [6.45, 7) is 3.15. The molecule has 1 fully saturated rings. The van der Waals surface area contributed by atoms with Gasteiger partial charge in [-0.2, -0.15) is 0 Å². The first-order valence-corrected chi connectivity index (χ1v) is 4.99. The van der Waals surface area contributed by atoms with Gasteiger partial charge in [-0.1, -0.05) is 18.5 Å². The highest BCUT2D eigenvalue weighted by atomic mass is 16.5. The van der Waals surface area contributed by atoms with Crippen molar-refractivity contribution in [3.63, 3.8) is 0 Å². The van der Waals surface area contributed by atoms with Gasteiger partial charge in [0.25, 0.3) is 0 Å². The molecule has 1 aliphatic rings. The predicted octanol–water partition coefficient (Wildman–Crippen LogP) is 1.95. The maximum atomic E-state index is 4.77. The maximum absolute atomic E-state index is 4.77. The smallest absolute Gasteiger partial charge is 0.124 e. The van der Waals surface area contributed by atoms with Gasteiger partial charge in [-0.25, -0.2) is 0 Å². The predicted molar refractivity (Wildman–Crippen MR) is 50.1 cm³/mol. The van der Waals surface area contributed by atoms with Crippen molar-refractivity contribution in [2.75, 3.05) is 0 Å². The molecule has 0 spiro atoms. The van der Waals surface area contributed by atoms with E-state index in [0.717, 1.165) is 18.2 Å². The Labute approximate surface area is 78.5 Å². The van der Waals surface area contributed by atoms with Crippen LogP contribution in [0.15, 0.2) is 16.9 Å². The van der Waals surface area contributed by atoms with E-state index in [4.69, 9.17) is 4.52 Å². The summed E-state index contributed by atoms with van der Waals surface area (Å²) in [4.78, 5) is 0. The quantitative estimate of drug-likeness (QED) is 0.772. The van der Waals surface area contributed by atoms with Crippen LogP contribution in [0.2, 0.25) is 0 Å². The third kappa shape index (κ3) is 2.10. The SMILES string of the molecule is CC1CCCC1NCc1ccon1. The van der Waals surface area contributed by atoms with Crippen LogP contribution in [0, 0.1) is 5.92 Å². The van der Waals surface area contributed by atoms with Crippen molar-refractivity contribution in [3.05, 3.63) is 18.0 Å². The van der Waals surface area contributed by atoms with E-state index in [-0.39, 0.29) is 0 Å². The van der Waals surface area contributed by atoms with Crippen LogP contribution in [-0.4, -0.2) is 11.2 Å². The summed E-state index contributed by atoms with van der Waals surface area (Å²) >= 11 is 0. The Bertz CT molecular complexity index is 245. The number of rotatable bonds is 3. The summed E-state index contributed by atoms with van der Waals surface area (Å²) in [6, 6.07) is 2.59. The second-order valence-electron chi connectivity index (χ2n) is 3.89. The molecule has 1 heterocycles. The molecule has 0 radical (unpaired) electrons. The lowest BCUT2D eigenvalue weighted by Gasteiger charge is -2.15. The minimum Gasteiger partial charge on any atom is -0.364 e. The Hall–Kier alpha value is -0.830. The summed E-state index contributed by atoms with van der Waals surface area (Å²) in [5.41, 5.74) is 0.999. The number of nitrogens with one attached hydrogen (secondary N) is 1. The summed E-state index contributed by atoms with van der Waals surface area (Å²) in [7, 11) is 0. The first kappa shape index (κ1) is 8.75. The zero-order chi connectivity index (χ0) is 9.10. The van der Waals surface area contributed by atoms with Gasteiger partial charge in [0.2, 0.25) is 0 Å². The lowest BCUT2D eigenvalue weighted by molar-refractivity contribution is 0.391. The van der Waals surface area contributed by atoms with Crippen LogP contribution in [0.5, 0.6) is 0 Å². The molecule has 3 nitrogen and oxygen atoms in total. The highest BCUT2D eigenvalue weighted by Crippen LogP contribution is 2.24. The van der Waals surface area contributed by atoms with Gasteiger partial charge in [0.1, 0.15) is 6.26 Å². The van der Waals surface area contributed by atoms with Crippen molar-refractivity contribution in [1.29, 1.82) is 0 Å². The van der Waals surface area contributed by atoms with E-state index in [0.29, 0.717) is 6.04 Å². The van der Waals surface area contributed by atoms with Crippen LogP contribution >= 0.6 is 0 Å². The van der Waals surface area contributed by atoms with E-state index in [9.17, 15) is 0 Å². The van der Waals surface area contributed by atoms with Crippen molar-refractivity contribution >= 4 is 0 Å². The second kappa shape index (κ2) is 3.92. The van der Waals surface area contributed by atoms with E-state index in [2.05, 4.69) is 17.4 Å². The number of hydrogen-bond donors (Lipinski definition) is 1. The molecule has 1 N–H and O–H groups in total. The average Bonchev–Trinajstić information content (AvgIpc) is 2.72. The molecule has 0 saturated heterocycles. The molecule has 2 atom stereocenters. The lowest BCUT2D eigenvalue weighted by Crippen LogP contribution is -2.30. The maximum Gasteiger partial charge on any atom is 0.124 e. The van der Waals surface area contributed by atoms with Gasteiger partial charge in [0.05, 0.1) is 5.69 Å². The van der Waals surface area contributed by atoms with Gasteiger partial charge >= 0.3 is 0 Å². The number of hydrogen-bond acceptors (Lipinski definition) is 3. The van der Waals surface area contributed by atoms with Crippen LogP contribution < -0.4 is 5.32 Å². The molecule has 1 aliphatic carbocycles. The summed E-state index contributed by atoms with van der Waals surface area (Å²) < 4.78 is 4.77. The van der Waals surface area contributed by atoms with Crippen LogP contribution in [0.3, 0.4) is 0 Å². The molecule has 2 unspecified atom stereocenters. The minimum atomic E-state index is 0.677. The monoisotopic (exact) mass is 180 g/mol. The van der Waals surface area contributed by atoms with Crippen molar-refractivity contribution in [2.24, 2.45) is 5.92 Å². The topological polar surface area (TPSA) is 38.1 Å². The summed E-state index contributed by atoms with van der Waals surface area (Å²) in [5, 5.41) is 7.38. The molecule has 1 aromatic rings. The molecule has 0 aromatic carbocycles. The molecule has 0 aliphatic heterocycles. The molecular weight excluding hydrogens is 164 g/mol. The van der Waals surface area contributed by atoms with E-state index < -0.39 is 0 Å². The van der Waals surface area contributed by atoms with E-state index in [1.807, 2.05) is 6.07 Å².